The lowest BCUT2D eigenvalue weighted by molar-refractivity contribution is -0.137. The van der Waals surface area contributed by atoms with E-state index in [9.17, 15) is 13.2 Å². The number of benzene rings is 1. The predicted molar refractivity (Wildman–Crippen MR) is 75.5 cm³/mol. The molecule has 1 atom stereocenters. The predicted octanol–water partition coefficient (Wildman–Crippen LogP) is 5.70. The molecular weight excluding hydrogens is 339 g/mol. The molecule has 2 aromatic rings. The second-order valence-electron chi connectivity index (χ2n) is 4.08. The third-order valence-electron chi connectivity index (χ3n) is 2.61. The van der Waals surface area contributed by atoms with Crippen molar-refractivity contribution in [1.29, 1.82) is 0 Å². The van der Waals surface area contributed by atoms with E-state index in [0.717, 1.165) is 21.5 Å². The molecule has 2 rings (SSSR count). The van der Waals surface area contributed by atoms with Crippen LogP contribution in [0.5, 0.6) is 0 Å². The number of hydrogen-bond acceptors (Lipinski definition) is 2. The van der Waals surface area contributed by atoms with Crippen molar-refractivity contribution in [2.75, 3.05) is 5.32 Å². The van der Waals surface area contributed by atoms with E-state index in [1.54, 1.807) is 17.4 Å². The summed E-state index contributed by atoms with van der Waals surface area (Å²) < 4.78 is 38.8. The molecule has 0 saturated heterocycles. The van der Waals surface area contributed by atoms with Gasteiger partial charge < -0.3 is 5.32 Å². The first-order valence-electron chi connectivity index (χ1n) is 5.54. The third kappa shape index (κ3) is 3.51. The Labute approximate surface area is 121 Å². The zero-order valence-corrected chi connectivity index (χ0v) is 12.4. The van der Waals surface area contributed by atoms with Crippen molar-refractivity contribution in [3.8, 4) is 0 Å². The summed E-state index contributed by atoms with van der Waals surface area (Å²) in [6.45, 7) is 1.91. The fraction of sp³-hybridized carbons (Fsp3) is 0.231. The molecule has 1 heterocycles. The Kier molecular flexibility index (Phi) is 4.20. The van der Waals surface area contributed by atoms with Gasteiger partial charge in [0.05, 0.1) is 11.6 Å². The number of rotatable bonds is 3. The van der Waals surface area contributed by atoms with E-state index >= 15 is 0 Å². The van der Waals surface area contributed by atoms with E-state index in [0.29, 0.717) is 5.69 Å². The molecule has 1 N–H and O–H groups in total. The minimum Gasteiger partial charge on any atom is -0.378 e. The number of thiophene rings is 1. The molecule has 1 unspecified atom stereocenters. The van der Waals surface area contributed by atoms with Crippen LogP contribution >= 0.6 is 27.3 Å². The smallest absolute Gasteiger partial charge is 0.378 e. The van der Waals surface area contributed by atoms with Gasteiger partial charge in [-0.1, -0.05) is 6.07 Å². The van der Waals surface area contributed by atoms with Gasteiger partial charge in [-0.15, -0.1) is 11.3 Å². The van der Waals surface area contributed by atoms with Crippen molar-refractivity contribution in [3.05, 3.63) is 50.6 Å². The highest BCUT2D eigenvalue weighted by molar-refractivity contribution is 9.10. The van der Waals surface area contributed by atoms with Crippen LogP contribution in [0.1, 0.15) is 23.4 Å². The average molecular weight is 350 g/mol. The Morgan fingerprint density at radius 3 is 2.58 bits per heavy atom. The summed E-state index contributed by atoms with van der Waals surface area (Å²) in [7, 11) is 0. The number of nitrogens with one attached hydrogen (secondary N) is 1. The van der Waals surface area contributed by atoms with Crippen molar-refractivity contribution < 1.29 is 13.2 Å². The Bertz CT molecular complexity index is 565. The maximum atomic E-state index is 12.6. The summed E-state index contributed by atoms with van der Waals surface area (Å²) in [6.07, 6.45) is -4.32. The highest BCUT2D eigenvalue weighted by Gasteiger charge is 2.30. The van der Waals surface area contributed by atoms with Crippen molar-refractivity contribution in [2.45, 2.75) is 19.1 Å². The van der Waals surface area contributed by atoms with Crippen molar-refractivity contribution in [3.63, 3.8) is 0 Å². The molecule has 1 aromatic heterocycles. The van der Waals surface area contributed by atoms with Crippen molar-refractivity contribution in [1.82, 2.24) is 0 Å². The molecule has 0 amide bonds. The summed E-state index contributed by atoms with van der Waals surface area (Å²) in [5, 5.41) is 5.01. The zero-order chi connectivity index (χ0) is 14.0. The maximum Gasteiger partial charge on any atom is 0.416 e. The summed E-state index contributed by atoms with van der Waals surface area (Å²) in [4.78, 5) is 1.05. The van der Waals surface area contributed by atoms with Gasteiger partial charge in [-0.25, -0.2) is 0 Å². The van der Waals surface area contributed by atoms with E-state index in [1.165, 1.54) is 6.07 Å². The van der Waals surface area contributed by atoms with Crippen molar-refractivity contribution in [2.24, 2.45) is 0 Å². The zero-order valence-electron chi connectivity index (χ0n) is 9.96. The Hall–Kier alpha value is -1.01. The molecule has 0 fully saturated rings. The minimum absolute atomic E-state index is 0.0575. The second-order valence-corrected chi connectivity index (χ2v) is 5.88. The molecule has 0 aliphatic carbocycles. The molecule has 0 radical (unpaired) electrons. The third-order valence-corrected chi connectivity index (χ3v) is 4.66. The molecule has 1 aromatic carbocycles. The van der Waals surface area contributed by atoms with Gasteiger partial charge >= 0.3 is 6.18 Å². The monoisotopic (exact) mass is 349 g/mol. The minimum atomic E-state index is -4.32. The van der Waals surface area contributed by atoms with Crippen LogP contribution < -0.4 is 5.32 Å². The molecule has 0 spiro atoms. The number of halogens is 4. The highest BCUT2D eigenvalue weighted by Crippen LogP contribution is 2.33. The normalized spacial score (nSPS) is 13.3. The van der Waals surface area contributed by atoms with Gasteiger partial charge in [0.2, 0.25) is 0 Å². The Balaban J connectivity index is 2.18. The molecule has 1 nitrogen and oxygen atoms in total. The van der Waals surface area contributed by atoms with Gasteiger partial charge in [-0.05, 0) is 52.5 Å². The first-order chi connectivity index (χ1) is 8.88. The van der Waals surface area contributed by atoms with E-state index in [4.69, 9.17) is 0 Å². The molecule has 6 heteroatoms. The summed E-state index contributed by atoms with van der Waals surface area (Å²) in [5.74, 6) is 0. The lowest BCUT2D eigenvalue weighted by Crippen LogP contribution is -2.08. The lowest BCUT2D eigenvalue weighted by Gasteiger charge is -2.16. The molecule has 0 aliphatic heterocycles. The number of anilines is 1. The van der Waals surface area contributed by atoms with Crippen LogP contribution in [0.15, 0.2) is 40.2 Å². The van der Waals surface area contributed by atoms with Crippen LogP contribution in [0.4, 0.5) is 18.9 Å². The highest BCUT2D eigenvalue weighted by atomic mass is 79.9. The Morgan fingerprint density at radius 1 is 1.26 bits per heavy atom. The van der Waals surface area contributed by atoms with Crippen LogP contribution in [0.2, 0.25) is 0 Å². The van der Waals surface area contributed by atoms with Crippen molar-refractivity contribution >= 4 is 33.0 Å². The molecule has 102 valence electrons. The van der Waals surface area contributed by atoms with Crippen LogP contribution in [-0.4, -0.2) is 0 Å². The molecule has 0 aliphatic rings. The fourth-order valence-electron chi connectivity index (χ4n) is 1.72. The van der Waals surface area contributed by atoms with E-state index < -0.39 is 11.7 Å². The maximum absolute atomic E-state index is 12.6. The average Bonchev–Trinajstić information content (AvgIpc) is 2.75. The van der Waals surface area contributed by atoms with Gasteiger partial charge in [0.25, 0.3) is 0 Å². The Morgan fingerprint density at radius 2 is 2.00 bits per heavy atom. The van der Waals surface area contributed by atoms with Crippen LogP contribution in [0.3, 0.4) is 0 Å². The molecule has 0 bridgehead atoms. The standard InChI is InChI=1S/C13H11BrF3NS/c1-8(12-11(14)5-6-19-12)18-10-4-2-3-9(7-10)13(15,16)17/h2-8,18H,1H3. The largest absolute Gasteiger partial charge is 0.416 e. The second kappa shape index (κ2) is 5.54. The molecule has 0 saturated carbocycles. The van der Waals surface area contributed by atoms with Crippen LogP contribution in [0.25, 0.3) is 0 Å². The summed E-state index contributed by atoms with van der Waals surface area (Å²) >= 11 is 4.97. The summed E-state index contributed by atoms with van der Waals surface area (Å²) in [5.41, 5.74) is -0.183. The van der Waals surface area contributed by atoms with Gasteiger partial charge in [0, 0.05) is 15.0 Å². The lowest BCUT2D eigenvalue weighted by atomic mass is 10.1. The summed E-state index contributed by atoms with van der Waals surface area (Å²) in [6, 6.07) is 7.09. The topological polar surface area (TPSA) is 12.0 Å². The van der Waals surface area contributed by atoms with Crippen LogP contribution in [0, 0.1) is 0 Å². The quantitative estimate of drug-likeness (QED) is 0.748. The van der Waals surface area contributed by atoms with Gasteiger partial charge in [0.1, 0.15) is 0 Å². The van der Waals surface area contributed by atoms with Crippen LogP contribution in [-0.2, 0) is 6.18 Å². The van der Waals surface area contributed by atoms with E-state index in [1.807, 2.05) is 18.4 Å². The molecule has 19 heavy (non-hydrogen) atoms. The number of hydrogen-bond donors (Lipinski definition) is 1. The first-order valence-corrected chi connectivity index (χ1v) is 7.22. The molecular formula is C13H11BrF3NS. The fourth-order valence-corrected chi connectivity index (χ4v) is 3.44. The number of alkyl halides is 3. The van der Waals surface area contributed by atoms with E-state index in [2.05, 4.69) is 21.2 Å². The SMILES string of the molecule is CC(Nc1cccc(C(F)(F)F)c1)c1sccc1Br. The van der Waals surface area contributed by atoms with Gasteiger partial charge in [-0.3, -0.25) is 0 Å². The van der Waals surface area contributed by atoms with Gasteiger partial charge in [0.15, 0.2) is 0 Å². The van der Waals surface area contributed by atoms with Gasteiger partial charge in [-0.2, -0.15) is 13.2 Å². The van der Waals surface area contributed by atoms with E-state index in [-0.39, 0.29) is 6.04 Å². The first kappa shape index (κ1) is 14.4.